The van der Waals surface area contributed by atoms with Crippen molar-refractivity contribution in [2.75, 3.05) is 0 Å². The van der Waals surface area contributed by atoms with Gasteiger partial charge >= 0.3 is 6.18 Å². The molecule has 0 spiro atoms. The Morgan fingerprint density at radius 2 is 1.86 bits per heavy atom. The van der Waals surface area contributed by atoms with Gasteiger partial charge in [-0.2, -0.15) is 13.2 Å². The highest BCUT2D eigenvalue weighted by molar-refractivity contribution is 7.19. The number of nitrogens with zero attached hydrogens (tertiary/aromatic N) is 2. The molecule has 2 atom stereocenters. The van der Waals surface area contributed by atoms with Crippen LogP contribution < -0.4 is 4.74 Å². The highest BCUT2D eigenvalue weighted by atomic mass is 35.5. The zero-order valence-corrected chi connectivity index (χ0v) is 19.8. The lowest BCUT2D eigenvalue weighted by molar-refractivity contribution is -0.139. The molecule has 3 aromatic rings. The molecule has 1 saturated heterocycles. The molecule has 1 aromatic carbocycles. The van der Waals surface area contributed by atoms with Gasteiger partial charge in [0.1, 0.15) is 18.0 Å². The van der Waals surface area contributed by atoms with E-state index in [1.54, 1.807) is 12.1 Å². The second-order valence-corrected chi connectivity index (χ2v) is 10.1. The molecule has 2 aromatic heterocycles. The van der Waals surface area contributed by atoms with Crippen molar-refractivity contribution in [1.29, 1.82) is 0 Å². The number of amides is 2. The number of rotatable bonds is 5. The Hall–Kier alpha value is -2.72. The number of benzene rings is 1. The minimum Gasteiger partial charge on any atom is -0.485 e. The van der Waals surface area contributed by atoms with Crippen molar-refractivity contribution in [2.45, 2.75) is 57.1 Å². The standard InChI is InChI=1S/C24H19ClF4N2O3S/c25-16-9-12(24(27,28)29)8-15(22(16)34-19-3-1-2-17(19)26)14-6-7-30-18-10-13(35-23(14)18)11-31-20(32)4-5-21(31)33/h6-10,17,19H,1-5,11H2/t17-,19+/m0/s1. The van der Waals surface area contributed by atoms with Gasteiger partial charge in [-0.05, 0) is 43.5 Å². The maximum atomic E-state index is 14.3. The van der Waals surface area contributed by atoms with E-state index in [4.69, 9.17) is 16.3 Å². The van der Waals surface area contributed by atoms with Crippen LogP contribution in [0.25, 0.3) is 21.3 Å². The number of ether oxygens (including phenoxy) is 1. The fourth-order valence-corrected chi connectivity index (χ4v) is 5.87. The molecule has 2 fully saturated rings. The number of hydrogen-bond acceptors (Lipinski definition) is 5. The fourth-order valence-electron chi connectivity index (χ4n) is 4.47. The van der Waals surface area contributed by atoms with E-state index in [-0.39, 0.29) is 47.5 Å². The van der Waals surface area contributed by atoms with Gasteiger partial charge in [-0.3, -0.25) is 19.5 Å². The van der Waals surface area contributed by atoms with Gasteiger partial charge in [0.2, 0.25) is 11.8 Å². The molecule has 0 unspecified atom stereocenters. The Balaban J connectivity index is 1.62. The Labute approximate surface area is 206 Å². The lowest BCUT2D eigenvalue weighted by Gasteiger charge is -2.21. The monoisotopic (exact) mass is 526 g/mol. The number of alkyl halides is 4. The summed E-state index contributed by atoms with van der Waals surface area (Å²) in [6, 6.07) is 4.98. The fraction of sp³-hybridized carbons (Fsp3) is 0.375. The van der Waals surface area contributed by atoms with Crippen LogP contribution >= 0.6 is 22.9 Å². The average molecular weight is 527 g/mol. The molecule has 1 aliphatic heterocycles. The van der Waals surface area contributed by atoms with Crippen molar-refractivity contribution < 1.29 is 31.9 Å². The highest BCUT2D eigenvalue weighted by Gasteiger charge is 2.35. The molecular formula is C24H19ClF4N2O3S. The molecular weight excluding hydrogens is 508 g/mol. The molecule has 1 aliphatic carbocycles. The summed E-state index contributed by atoms with van der Waals surface area (Å²) in [5.41, 5.74) is 0.00756. The lowest BCUT2D eigenvalue weighted by Crippen LogP contribution is -2.27. The lowest BCUT2D eigenvalue weighted by atomic mass is 10.0. The molecule has 5 rings (SSSR count). The van der Waals surface area contributed by atoms with Crippen molar-refractivity contribution in [2.24, 2.45) is 0 Å². The van der Waals surface area contributed by atoms with Crippen LogP contribution in [-0.2, 0) is 22.3 Å². The van der Waals surface area contributed by atoms with Gasteiger partial charge < -0.3 is 4.74 Å². The predicted octanol–water partition coefficient (Wildman–Crippen LogP) is 6.55. The van der Waals surface area contributed by atoms with Gasteiger partial charge in [-0.1, -0.05) is 11.6 Å². The van der Waals surface area contributed by atoms with Crippen LogP contribution in [0.15, 0.2) is 30.5 Å². The summed E-state index contributed by atoms with van der Waals surface area (Å²) in [6.07, 6.45) is -3.55. The molecule has 35 heavy (non-hydrogen) atoms. The number of hydrogen-bond donors (Lipinski definition) is 0. The van der Waals surface area contributed by atoms with Gasteiger partial charge in [-0.15, -0.1) is 11.3 Å². The van der Waals surface area contributed by atoms with Crippen LogP contribution in [0.5, 0.6) is 5.75 Å². The smallest absolute Gasteiger partial charge is 0.416 e. The highest BCUT2D eigenvalue weighted by Crippen LogP contribution is 2.46. The van der Waals surface area contributed by atoms with E-state index < -0.39 is 24.0 Å². The van der Waals surface area contributed by atoms with Gasteiger partial charge in [0, 0.05) is 35.0 Å². The number of imide groups is 1. The Morgan fingerprint density at radius 1 is 1.11 bits per heavy atom. The zero-order chi connectivity index (χ0) is 24.9. The molecule has 3 heterocycles. The number of carbonyl (C=O) groups is 2. The second-order valence-electron chi connectivity index (χ2n) is 8.59. The molecule has 0 radical (unpaired) electrons. The molecule has 184 valence electrons. The first kappa shape index (κ1) is 24.0. The van der Waals surface area contributed by atoms with E-state index in [0.717, 1.165) is 12.1 Å². The minimum absolute atomic E-state index is 0.0124. The van der Waals surface area contributed by atoms with Crippen molar-refractivity contribution in [3.8, 4) is 16.9 Å². The van der Waals surface area contributed by atoms with Crippen molar-refractivity contribution in [3.63, 3.8) is 0 Å². The van der Waals surface area contributed by atoms with Crippen LogP contribution in [0, 0.1) is 0 Å². The summed E-state index contributed by atoms with van der Waals surface area (Å²) >= 11 is 7.50. The number of likely N-dealkylation sites (tertiary alicyclic amines) is 1. The van der Waals surface area contributed by atoms with Gasteiger partial charge in [0.25, 0.3) is 0 Å². The summed E-state index contributed by atoms with van der Waals surface area (Å²) < 4.78 is 61.7. The van der Waals surface area contributed by atoms with Crippen LogP contribution in [0.2, 0.25) is 5.02 Å². The third kappa shape index (κ3) is 4.61. The number of aromatic nitrogens is 1. The first-order valence-corrected chi connectivity index (χ1v) is 12.2. The Kier molecular flexibility index (Phi) is 6.21. The topological polar surface area (TPSA) is 59.5 Å². The molecule has 0 N–H and O–H groups in total. The van der Waals surface area contributed by atoms with Crippen LogP contribution in [0.1, 0.15) is 42.5 Å². The summed E-state index contributed by atoms with van der Waals surface area (Å²) in [5, 5.41) is -0.260. The molecule has 2 aliphatic rings. The quantitative estimate of drug-likeness (QED) is 0.279. The maximum Gasteiger partial charge on any atom is 0.416 e. The molecule has 0 bridgehead atoms. The maximum absolute atomic E-state index is 14.3. The summed E-state index contributed by atoms with van der Waals surface area (Å²) in [6.45, 7) is 0.0659. The Bertz CT molecular complexity index is 1310. The van der Waals surface area contributed by atoms with E-state index in [1.165, 1.54) is 22.4 Å². The van der Waals surface area contributed by atoms with E-state index in [1.807, 2.05) is 0 Å². The zero-order valence-electron chi connectivity index (χ0n) is 18.2. The SMILES string of the molecule is O=C1CCC(=O)N1Cc1cc2nccc(-c3cc(C(F)(F)F)cc(Cl)c3O[C@@H]3CCC[C@@H]3F)c2s1. The second kappa shape index (κ2) is 9.05. The van der Waals surface area contributed by atoms with Crippen LogP contribution in [0.4, 0.5) is 17.6 Å². The molecule has 11 heteroatoms. The number of carbonyl (C=O) groups excluding carboxylic acids is 2. The van der Waals surface area contributed by atoms with Gasteiger partial charge in [0.15, 0.2) is 0 Å². The van der Waals surface area contributed by atoms with Crippen molar-refractivity contribution in [1.82, 2.24) is 9.88 Å². The van der Waals surface area contributed by atoms with Crippen LogP contribution in [0.3, 0.4) is 0 Å². The average Bonchev–Trinajstić information content (AvgIpc) is 3.49. The van der Waals surface area contributed by atoms with Gasteiger partial charge in [0.05, 0.1) is 27.3 Å². The van der Waals surface area contributed by atoms with Crippen molar-refractivity contribution >= 4 is 45.0 Å². The molecule has 5 nitrogen and oxygen atoms in total. The Morgan fingerprint density at radius 3 is 2.51 bits per heavy atom. The predicted molar refractivity (Wildman–Crippen MR) is 123 cm³/mol. The van der Waals surface area contributed by atoms with E-state index in [9.17, 15) is 27.2 Å². The third-order valence-electron chi connectivity index (χ3n) is 6.23. The first-order chi connectivity index (χ1) is 16.6. The minimum atomic E-state index is -4.66. The number of halogens is 5. The van der Waals surface area contributed by atoms with E-state index >= 15 is 0 Å². The molecule has 1 saturated carbocycles. The number of fused-ring (bicyclic) bond motifs is 1. The first-order valence-electron chi connectivity index (χ1n) is 11.0. The molecule has 2 amide bonds. The summed E-state index contributed by atoms with van der Waals surface area (Å²) in [5.74, 6) is -0.543. The van der Waals surface area contributed by atoms with E-state index in [2.05, 4.69) is 4.98 Å². The van der Waals surface area contributed by atoms with Crippen molar-refractivity contribution in [3.05, 3.63) is 45.9 Å². The van der Waals surface area contributed by atoms with Crippen LogP contribution in [-0.4, -0.2) is 34.0 Å². The number of pyridine rings is 1. The van der Waals surface area contributed by atoms with E-state index in [0.29, 0.717) is 39.9 Å². The van der Waals surface area contributed by atoms with Gasteiger partial charge in [-0.25, -0.2) is 4.39 Å². The largest absolute Gasteiger partial charge is 0.485 e. The number of thiophene rings is 1. The normalized spacial score (nSPS) is 20.9. The third-order valence-corrected chi connectivity index (χ3v) is 7.66. The summed E-state index contributed by atoms with van der Waals surface area (Å²) in [4.78, 5) is 30.2. The summed E-state index contributed by atoms with van der Waals surface area (Å²) in [7, 11) is 0.